The third-order valence-electron chi connectivity index (χ3n) is 2.17. The van der Waals surface area contributed by atoms with Crippen molar-refractivity contribution in [2.24, 2.45) is 0 Å². The first-order chi connectivity index (χ1) is 8.81. The molecule has 0 N–H and O–H groups in total. The molecule has 0 unspecified atom stereocenters. The Morgan fingerprint density at radius 1 is 0.476 bits per heavy atom. The van der Waals surface area contributed by atoms with Gasteiger partial charge in [-0.2, -0.15) is 57.1 Å². The maximum atomic E-state index is 12.7. The van der Waals surface area contributed by atoms with Gasteiger partial charge in [0.2, 0.25) is 0 Å². The molecule has 0 aliphatic rings. The lowest BCUT2D eigenvalue weighted by Crippen LogP contribution is -2.69. The van der Waals surface area contributed by atoms with E-state index in [4.69, 9.17) is 0 Å². The highest BCUT2D eigenvalue weighted by Crippen LogP contribution is 2.60. The van der Waals surface area contributed by atoms with Gasteiger partial charge in [-0.1, -0.05) is 6.58 Å². The number of alkyl halides is 13. The molecule has 0 atom stereocenters. The lowest BCUT2D eigenvalue weighted by molar-refractivity contribution is -0.436. The summed E-state index contributed by atoms with van der Waals surface area (Å²) in [7, 11) is 0. The molecule has 0 aromatic carbocycles. The van der Waals surface area contributed by atoms with E-state index in [1.54, 1.807) is 0 Å². The first kappa shape index (κ1) is 19.8. The van der Waals surface area contributed by atoms with Crippen molar-refractivity contribution in [3.63, 3.8) is 0 Å². The zero-order valence-electron chi connectivity index (χ0n) is 9.07. The van der Waals surface area contributed by atoms with Crippen LogP contribution in [0.2, 0.25) is 0 Å². The van der Waals surface area contributed by atoms with Gasteiger partial charge in [-0.3, -0.25) is 0 Å². The molecule has 0 aliphatic carbocycles. The number of hydrogen-bond acceptors (Lipinski definition) is 0. The van der Waals surface area contributed by atoms with Gasteiger partial charge in [0, 0.05) is 0 Å². The second-order valence-electron chi connectivity index (χ2n) is 3.58. The summed E-state index contributed by atoms with van der Waals surface area (Å²) >= 11 is 0. The van der Waals surface area contributed by atoms with E-state index < -0.39 is 41.9 Å². The highest BCUT2D eigenvalue weighted by Gasteiger charge is 2.90. The summed E-state index contributed by atoms with van der Waals surface area (Å²) in [5.41, 5.74) is 0. The van der Waals surface area contributed by atoms with Gasteiger partial charge in [-0.25, -0.2) is 0 Å². The van der Waals surface area contributed by atoms with Crippen LogP contribution in [0.1, 0.15) is 0 Å². The number of rotatable bonds is 5. The van der Waals surface area contributed by atoms with E-state index in [1.165, 1.54) is 0 Å². The summed E-state index contributed by atoms with van der Waals surface area (Å²) in [5, 5.41) is 0. The average Bonchev–Trinajstić information content (AvgIpc) is 2.26. The molecule has 125 valence electrons. The van der Waals surface area contributed by atoms with E-state index in [9.17, 15) is 57.1 Å². The Morgan fingerprint density at radius 2 is 0.762 bits per heavy atom. The fraction of sp³-hybridized carbons (Fsp3) is 0.750. The van der Waals surface area contributed by atoms with E-state index in [2.05, 4.69) is 6.58 Å². The first-order valence-electron chi connectivity index (χ1n) is 4.33. The topological polar surface area (TPSA) is 0 Å². The van der Waals surface area contributed by atoms with Crippen LogP contribution in [0.25, 0.3) is 0 Å². The highest BCUT2D eigenvalue weighted by molar-refractivity contribution is 5.13. The largest absolute Gasteiger partial charge is 0.460 e. The Balaban J connectivity index is 6.20. The lowest BCUT2D eigenvalue weighted by atomic mass is 9.94. The van der Waals surface area contributed by atoms with Gasteiger partial charge in [-0.05, 0) is 6.08 Å². The monoisotopic (exact) mass is 345 g/mol. The quantitative estimate of drug-likeness (QED) is 0.633. The van der Waals surface area contributed by atoms with Gasteiger partial charge in [0.1, 0.15) is 0 Å². The molecular formula is C8H2F13. The molecule has 0 rings (SSSR count). The zero-order valence-corrected chi connectivity index (χ0v) is 9.07. The molecule has 0 heterocycles. The van der Waals surface area contributed by atoms with Gasteiger partial charge in [0.15, 0.2) is 0 Å². The van der Waals surface area contributed by atoms with Crippen LogP contribution in [0.15, 0.2) is 6.08 Å². The Hall–Kier alpha value is -1.17. The SMILES string of the molecule is [CH]=CC(F)(F)C(F)(F)C(F)(F)C(F)(F)C(F)(F)C(F)(F)F. The Bertz CT molecular complexity index is 401. The van der Waals surface area contributed by atoms with Crippen LogP contribution in [-0.2, 0) is 0 Å². The molecule has 13 heteroatoms. The predicted octanol–water partition coefficient (Wildman–Crippen LogP) is 4.71. The minimum atomic E-state index is -7.88. The first-order valence-corrected chi connectivity index (χ1v) is 4.33. The van der Waals surface area contributed by atoms with Crippen LogP contribution < -0.4 is 0 Å². The maximum Gasteiger partial charge on any atom is 0.460 e. The van der Waals surface area contributed by atoms with Crippen molar-refractivity contribution >= 4 is 0 Å². The normalized spacial score (nSPS) is 16.0. The van der Waals surface area contributed by atoms with E-state index in [-0.39, 0.29) is 0 Å². The van der Waals surface area contributed by atoms with Crippen LogP contribution in [-0.4, -0.2) is 35.8 Å². The standard InChI is InChI=1S/C8H2F13/c1-2-3(9,10)4(11,12)5(13,14)6(15,16)7(17,18)8(19,20)21/h1-2H. The summed E-state index contributed by atoms with van der Waals surface area (Å²) < 4.78 is 160. The summed E-state index contributed by atoms with van der Waals surface area (Å²) in [4.78, 5) is 0. The van der Waals surface area contributed by atoms with Crippen LogP contribution in [0.5, 0.6) is 0 Å². The lowest BCUT2D eigenvalue weighted by Gasteiger charge is -2.38. The molecule has 0 bridgehead atoms. The van der Waals surface area contributed by atoms with Crippen molar-refractivity contribution in [1.82, 2.24) is 0 Å². The Morgan fingerprint density at radius 3 is 1.00 bits per heavy atom. The van der Waals surface area contributed by atoms with Gasteiger partial charge in [-0.15, -0.1) is 0 Å². The fourth-order valence-corrected chi connectivity index (χ4v) is 0.886. The van der Waals surface area contributed by atoms with Crippen LogP contribution in [0.3, 0.4) is 0 Å². The third-order valence-corrected chi connectivity index (χ3v) is 2.17. The summed E-state index contributed by atoms with van der Waals surface area (Å²) in [6.45, 7) is 3.78. The van der Waals surface area contributed by atoms with Crippen LogP contribution in [0, 0.1) is 6.58 Å². The number of halogens is 13. The molecule has 1 radical (unpaired) electrons. The summed E-state index contributed by atoms with van der Waals surface area (Å²) in [6.07, 6.45) is -8.94. The maximum absolute atomic E-state index is 12.7. The average molecular weight is 345 g/mol. The van der Waals surface area contributed by atoms with Crippen LogP contribution >= 0.6 is 0 Å². The predicted molar refractivity (Wildman–Crippen MR) is 39.7 cm³/mol. The van der Waals surface area contributed by atoms with Crippen molar-refractivity contribution in [3.05, 3.63) is 12.7 Å². The Labute approximate surface area is 107 Å². The number of allylic oxidation sites excluding steroid dienone is 1. The molecule has 0 fully saturated rings. The highest BCUT2D eigenvalue weighted by atomic mass is 19.4. The summed E-state index contributed by atoms with van der Waals surface area (Å²) in [6, 6.07) is 0. The molecule has 0 saturated carbocycles. The molecule has 0 nitrogen and oxygen atoms in total. The second kappa shape index (κ2) is 4.66. The van der Waals surface area contributed by atoms with Crippen molar-refractivity contribution < 1.29 is 57.1 Å². The van der Waals surface area contributed by atoms with Gasteiger partial charge in [0.25, 0.3) is 0 Å². The summed E-state index contributed by atoms with van der Waals surface area (Å²) in [5.74, 6) is -37.0. The third kappa shape index (κ3) is 2.43. The molecular weight excluding hydrogens is 343 g/mol. The molecule has 0 amide bonds. The van der Waals surface area contributed by atoms with Gasteiger partial charge >= 0.3 is 35.8 Å². The van der Waals surface area contributed by atoms with E-state index in [0.717, 1.165) is 0 Å². The van der Waals surface area contributed by atoms with E-state index in [1.807, 2.05) is 0 Å². The molecule has 0 saturated heterocycles. The molecule has 0 spiro atoms. The van der Waals surface area contributed by atoms with Crippen molar-refractivity contribution in [3.8, 4) is 0 Å². The van der Waals surface area contributed by atoms with E-state index >= 15 is 0 Å². The van der Waals surface area contributed by atoms with Crippen LogP contribution in [0.4, 0.5) is 57.1 Å². The molecule has 0 aromatic heterocycles. The fourth-order valence-electron chi connectivity index (χ4n) is 0.886. The number of hydrogen-bond donors (Lipinski definition) is 0. The van der Waals surface area contributed by atoms with Gasteiger partial charge in [0.05, 0.1) is 0 Å². The molecule has 21 heavy (non-hydrogen) atoms. The van der Waals surface area contributed by atoms with Crippen molar-refractivity contribution in [2.75, 3.05) is 0 Å². The Kier molecular flexibility index (Phi) is 4.40. The molecule has 0 aliphatic heterocycles. The zero-order chi connectivity index (χ0) is 17.7. The smallest absolute Gasteiger partial charge is 0.195 e. The minimum Gasteiger partial charge on any atom is -0.195 e. The van der Waals surface area contributed by atoms with Crippen molar-refractivity contribution in [2.45, 2.75) is 35.8 Å². The van der Waals surface area contributed by atoms with Crippen molar-refractivity contribution in [1.29, 1.82) is 0 Å². The minimum absolute atomic E-state index is 1.54. The molecule has 0 aromatic rings. The van der Waals surface area contributed by atoms with E-state index in [0.29, 0.717) is 0 Å². The second-order valence-corrected chi connectivity index (χ2v) is 3.58. The van der Waals surface area contributed by atoms with Gasteiger partial charge < -0.3 is 0 Å².